The van der Waals surface area contributed by atoms with Gasteiger partial charge in [-0.05, 0) is 25.0 Å². The molecule has 2 saturated heterocycles. The van der Waals surface area contributed by atoms with Gasteiger partial charge in [0, 0.05) is 56.5 Å². The predicted octanol–water partition coefficient (Wildman–Crippen LogP) is 1.37. The van der Waals surface area contributed by atoms with Gasteiger partial charge in [-0.1, -0.05) is 12.1 Å². The number of likely N-dealkylation sites (tertiary alicyclic amines) is 1. The summed E-state index contributed by atoms with van der Waals surface area (Å²) in [5.74, 6) is 1.40. The second-order valence-corrected chi connectivity index (χ2v) is 8.64. The maximum absolute atomic E-state index is 12.9. The van der Waals surface area contributed by atoms with Gasteiger partial charge in [0.05, 0.1) is 18.8 Å². The molecule has 3 aliphatic rings. The van der Waals surface area contributed by atoms with Crippen LogP contribution in [0.2, 0.25) is 0 Å². The average Bonchev–Trinajstić information content (AvgIpc) is 3.24. The van der Waals surface area contributed by atoms with Crippen molar-refractivity contribution < 1.29 is 9.59 Å². The number of fused-ring (bicyclic) bond motifs is 1. The first-order valence-corrected chi connectivity index (χ1v) is 10.9. The summed E-state index contributed by atoms with van der Waals surface area (Å²) in [5.41, 5.74) is 1.05. The Kier molecular flexibility index (Phi) is 6.00. The molecule has 0 unspecified atom stereocenters. The number of para-hydroxylation sites is 1. The molecule has 0 radical (unpaired) electrons. The van der Waals surface area contributed by atoms with E-state index in [4.69, 9.17) is 0 Å². The number of piperazine rings is 1. The van der Waals surface area contributed by atoms with Crippen molar-refractivity contribution in [2.24, 2.45) is 0 Å². The van der Waals surface area contributed by atoms with Gasteiger partial charge in [0.2, 0.25) is 11.8 Å². The minimum atomic E-state index is 0.185. The van der Waals surface area contributed by atoms with Gasteiger partial charge in [-0.2, -0.15) is 0 Å². The molecule has 4 rings (SSSR count). The van der Waals surface area contributed by atoms with Crippen LogP contribution in [0.5, 0.6) is 0 Å². The van der Waals surface area contributed by atoms with Crippen molar-refractivity contribution in [1.82, 2.24) is 14.7 Å². The maximum Gasteiger partial charge on any atom is 0.241 e. The number of carbonyl (C=O) groups is 2. The molecule has 0 aliphatic carbocycles. The van der Waals surface area contributed by atoms with Gasteiger partial charge >= 0.3 is 0 Å². The highest BCUT2D eigenvalue weighted by Gasteiger charge is 2.27. The zero-order chi connectivity index (χ0) is 18.6. The number of amides is 2. The number of anilines is 1. The Labute approximate surface area is 165 Å². The fourth-order valence-electron chi connectivity index (χ4n) is 4.07. The molecule has 0 aromatic heterocycles. The third-order valence-corrected chi connectivity index (χ3v) is 6.71. The van der Waals surface area contributed by atoms with Crippen molar-refractivity contribution in [1.29, 1.82) is 0 Å². The molecule has 0 bridgehead atoms. The van der Waals surface area contributed by atoms with Crippen LogP contribution in [0.3, 0.4) is 0 Å². The van der Waals surface area contributed by atoms with Crippen LogP contribution >= 0.6 is 11.8 Å². The first kappa shape index (κ1) is 18.8. The average molecular weight is 389 g/mol. The van der Waals surface area contributed by atoms with E-state index in [-0.39, 0.29) is 11.8 Å². The maximum atomic E-state index is 12.9. The number of benzene rings is 1. The summed E-state index contributed by atoms with van der Waals surface area (Å²) < 4.78 is 0. The summed E-state index contributed by atoms with van der Waals surface area (Å²) in [5, 5.41) is 0. The minimum absolute atomic E-state index is 0.185. The largest absolute Gasteiger partial charge is 0.342 e. The second kappa shape index (κ2) is 8.63. The summed E-state index contributed by atoms with van der Waals surface area (Å²) in [7, 11) is 0. The summed E-state index contributed by atoms with van der Waals surface area (Å²) in [6.45, 7) is 7.03. The Balaban J connectivity index is 1.26. The van der Waals surface area contributed by atoms with Crippen molar-refractivity contribution in [2.45, 2.75) is 17.7 Å². The number of carbonyl (C=O) groups excluding carboxylic acids is 2. The number of hydrogen-bond acceptors (Lipinski definition) is 5. The zero-order valence-electron chi connectivity index (χ0n) is 15.8. The molecule has 0 N–H and O–H groups in total. The minimum Gasteiger partial charge on any atom is -0.342 e. The Bertz CT molecular complexity index is 684. The van der Waals surface area contributed by atoms with Crippen LogP contribution in [0.15, 0.2) is 29.2 Å². The molecule has 146 valence electrons. The lowest BCUT2D eigenvalue weighted by Gasteiger charge is -2.36. The van der Waals surface area contributed by atoms with Crippen LogP contribution < -0.4 is 4.90 Å². The Hall–Kier alpha value is -1.57. The van der Waals surface area contributed by atoms with Crippen molar-refractivity contribution in [3.05, 3.63) is 24.3 Å². The highest BCUT2D eigenvalue weighted by molar-refractivity contribution is 7.99. The summed E-state index contributed by atoms with van der Waals surface area (Å²) in [4.78, 5) is 34.7. The van der Waals surface area contributed by atoms with Gasteiger partial charge in [0.1, 0.15) is 0 Å². The van der Waals surface area contributed by atoms with Crippen LogP contribution in [0.1, 0.15) is 12.8 Å². The predicted molar refractivity (Wildman–Crippen MR) is 108 cm³/mol. The van der Waals surface area contributed by atoms with Crippen molar-refractivity contribution in [3.8, 4) is 0 Å². The molecule has 3 aliphatic heterocycles. The first-order valence-electron chi connectivity index (χ1n) is 9.95. The molecule has 2 amide bonds. The number of thioether (sulfide) groups is 1. The standard InChI is InChI=1S/C20H28N4O2S/c25-19(23-7-3-4-8-23)15-21-9-11-22(12-10-21)16-20(26)24-13-14-27-18-6-2-1-5-17(18)24/h1-2,5-6H,3-4,7-16H2. The van der Waals surface area contributed by atoms with E-state index in [2.05, 4.69) is 15.9 Å². The van der Waals surface area contributed by atoms with Gasteiger partial charge < -0.3 is 9.80 Å². The van der Waals surface area contributed by atoms with E-state index in [1.54, 1.807) is 0 Å². The van der Waals surface area contributed by atoms with Gasteiger partial charge in [-0.3, -0.25) is 19.4 Å². The fourth-order valence-corrected chi connectivity index (χ4v) is 5.06. The molecule has 0 saturated carbocycles. The van der Waals surface area contributed by atoms with E-state index in [0.29, 0.717) is 13.1 Å². The second-order valence-electron chi connectivity index (χ2n) is 7.50. The van der Waals surface area contributed by atoms with Crippen LogP contribution in [0.25, 0.3) is 0 Å². The van der Waals surface area contributed by atoms with Crippen molar-refractivity contribution in [3.63, 3.8) is 0 Å². The monoisotopic (exact) mass is 388 g/mol. The molecular formula is C20H28N4O2S. The quantitative estimate of drug-likeness (QED) is 0.780. The smallest absolute Gasteiger partial charge is 0.241 e. The summed E-state index contributed by atoms with van der Waals surface area (Å²) >= 11 is 1.82. The fraction of sp³-hybridized carbons (Fsp3) is 0.600. The zero-order valence-corrected chi connectivity index (χ0v) is 16.6. The topological polar surface area (TPSA) is 47.1 Å². The molecule has 1 aromatic rings. The van der Waals surface area contributed by atoms with Gasteiger partial charge in [-0.15, -0.1) is 11.8 Å². The third kappa shape index (κ3) is 4.47. The van der Waals surface area contributed by atoms with E-state index in [0.717, 1.165) is 70.1 Å². The van der Waals surface area contributed by atoms with Gasteiger partial charge in [0.25, 0.3) is 0 Å². The number of nitrogens with zero attached hydrogens (tertiary/aromatic N) is 4. The highest BCUT2D eigenvalue weighted by atomic mass is 32.2. The molecular weight excluding hydrogens is 360 g/mol. The summed E-state index contributed by atoms with van der Waals surface area (Å²) in [6, 6.07) is 8.17. The number of hydrogen-bond donors (Lipinski definition) is 0. The number of rotatable bonds is 4. The first-order chi connectivity index (χ1) is 13.2. The van der Waals surface area contributed by atoms with Crippen molar-refractivity contribution in [2.75, 3.05) is 69.6 Å². The Morgan fingerprint density at radius 3 is 2.15 bits per heavy atom. The third-order valence-electron chi connectivity index (χ3n) is 5.67. The molecule has 3 heterocycles. The van der Waals surface area contributed by atoms with Crippen LogP contribution in [-0.4, -0.2) is 91.2 Å². The molecule has 1 aromatic carbocycles. The molecule has 0 spiro atoms. The SMILES string of the molecule is O=C(CN1CCN(CC(=O)N2CCSc3ccccc32)CC1)N1CCCC1. The van der Waals surface area contributed by atoms with E-state index in [1.807, 2.05) is 39.8 Å². The lowest BCUT2D eigenvalue weighted by Crippen LogP contribution is -2.52. The lowest BCUT2D eigenvalue weighted by atomic mass is 10.2. The molecule has 2 fully saturated rings. The van der Waals surface area contributed by atoms with Crippen LogP contribution in [-0.2, 0) is 9.59 Å². The van der Waals surface area contributed by atoms with E-state index in [1.165, 1.54) is 4.90 Å². The molecule has 6 nitrogen and oxygen atoms in total. The molecule has 7 heteroatoms. The molecule has 0 atom stereocenters. The van der Waals surface area contributed by atoms with E-state index in [9.17, 15) is 9.59 Å². The highest BCUT2D eigenvalue weighted by Crippen LogP contribution is 2.34. The van der Waals surface area contributed by atoms with Crippen molar-refractivity contribution >= 4 is 29.3 Å². The lowest BCUT2D eigenvalue weighted by molar-refractivity contribution is -0.132. The Morgan fingerprint density at radius 1 is 0.815 bits per heavy atom. The van der Waals surface area contributed by atoms with Crippen LogP contribution in [0, 0.1) is 0 Å². The van der Waals surface area contributed by atoms with E-state index < -0.39 is 0 Å². The van der Waals surface area contributed by atoms with E-state index >= 15 is 0 Å². The summed E-state index contributed by atoms with van der Waals surface area (Å²) in [6.07, 6.45) is 2.28. The molecule has 27 heavy (non-hydrogen) atoms. The van der Waals surface area contributed by atoms with Crippen LogP contribution in [0.4, 0.5) is 5.69 Å². The van der Waals surface area contributed by atoms with Gasteiger partial charge in [-0.25, -0.2) is 0 Å². The van der Waals surface area contributed by atoms with Gasteiger partial charge in [0.15, 0.2) is 0 Å². The Morgan fingerprint density at radius 2 is 1.44 bits per heavy atom. The normalized spacial score (nSPS) is 21.3.